The van der Waals surface area contributed by atoms with Crippen LogP contribution in [0.1, 0.15) is 44.2 Å². The molecule has 0 spiro atoms. The first-order chi connectivity index (χ1) is 10.7. The van der Waals surface area contributed by atoms with Crippen LogP contribution >= 0.6 is 0 Å². The van der Waals surface area contributed by atoms with E-state index in [1.54, 1.807) is 12.0 Å². The molecule has 0 aliphatic carbocycles. The van der Waals surface area contributed by atoms with Gasteiger partial charge in [0, 0.05) is 12.5 Å². The van der Waals surface area contributed by atoms with Gasteiger partial charge >= 0.3 is 6.09 Å². The maximum Gasteiger partial charge on any atom is 0.410 e. The minimum Gasteiger partial charge on any atom is -0.497 e. The van der Waals surface area contributed by atoms with E-state index in [0.29, 0.717) is 19.5 Å². The van der Waals surface area contributed by atoms with Crippen LogP contribution in [0.4, 0.5) is 4.79 Å². The highest BCUT2D eigenvalue weighted by Gasteiger charge is 2.33. The second-order valence-corrected chi connectivity index (χ2v) is 7.11. The lowest BCUT2D eigenvalue weighted by Crippen LogP contribution is -2.47. The molecule has 5 nitrogen and oxygen atoms in total. The number of carbonyl (C=O) groups excluding carboxylic acids is 1. The van der Waals surface area contributed by atoms with Crippen molar-refractivity contribution in [3.05, 3.63) is 29.3 Å². The van der Waals surface area contributed by atoms with Crippen molar-refractivity contribution in [1.29, 1.82) is 0 Å². The van der Waals surface area contributed by atoms with Crippen molar-refractivity contribution in [2.24, 2.45) is 0 Å². The first-order valence-electron chi connectivity index (χ1n) is 8.02. The molecule has 1 aliphatic rings. The van der Waals surface area contributed by atoms with Crippen molar-refractivity contribution in [3.8, 4) is 5.75 Å². The Morgan fingerprint density at radius 2 is 2.04 bits per heavy atom. The number of amides is 1. The Labute approximate surface area is 138 Å². The number of rotatable bonds is 2. The van der Waals surface area contributed by atoms with Crippen LogP contribution in [0.5, 0.6) is 5.75 Å². The number of ether oxygens (including phenoxy) is 2. The fourth-order valence-electron chi connectivity index (χ4n) is 2.98. The van der Waals surface area contributed by atoms with Gasteiger partial charge in [-0.3, -0.25) is 0 Å². The summed E-state index contributed by atoms with van der Waals surface area (Å²) in [6.07, 6.45) is -0.238. The fraction of sp³-hybridized carbons (Fsp3) is 0.611. The molecule has 1 fully saturated rings. The van der Waals surface area contributed by atoms with Gasteiger partial charge in [0.2, 0.25) is 0 Å². The number of aryl methyl sites for hydroxylation is 1. The summed E-state index contributed by atoms with van der Waals surface area (Å²) in [5.74, 6) is 0.839. The van der Waals surface area contributed by atoms with E-state index in [2.05, 4.69) is 0 Å². The summed E-state index contributed by atoms with van der Waals surface area (Å²) in [7, 11) is 1.64. The molecule has 5 heteroatoms. The molecular formula is C18H27NO4. The largest absolute Gasteiger partial charge is 0.497 e. The molecule has 23 heavy (non-hydrogen) atoms. The number of carbonyl (C=O) groups is 1. The fourth-order valence-corrected chi connectivity index (χ4v) is 2.98. The number of likely N-dealkylation sites (tertiary alicyclic amines) is 1. The van der Waals surface area contributed by atoms with Crippen LogP contribution < -0.4 is 4.74 Å². The van der Waals surface area contributed by atoms with E-state index in [1.807, 2.05) is 45.9 Å². The van der Waals surface area contributed by atoms with Crippen LogP contribution in [-0.4, -0.2) is 48.0 Å². The number of aliphatic hydroxyl groups is 1. The Kier molecular flexibility index (Phi) is 5.19. The number of nitrogens with zero attached hydrogens (tertiary/aromatic N) is 1. The molecule has 1 aliphatic heterocycles. The van der Waals surface area contributed by atoms with Gasteiger partial charge < -0.3 is 19.5 Å². The molecule has 0 saturated carbocycles. The van der Waals surface area contributed by atoms with Gasteiger partial charge in [-0.05, 0) is 57.4 Å². The Bertz CT molecular complexity index is 565. The standard InChI is InChI=1S/C18H27NO4/c1-12-10-13(22-5)6-7-14(12)15-8-9-19(11-16(15)20)17(21)23-18(2,3)4/h6-7,10,15-16,20H,8-9,11H2,1-5H3/t15-,16+/m1/s1. The zero-order chi connectivity index (χ0) is 17.2. The van der Waals surface area contributed by atoms with Crippen molar-refractivity contribution >= 4 is 6.09 Å². The van der Waals surface area contributed by atoms with E-state index in [4.69, 9.17) is 9.47 Å². The van der Waals surface area contributed by atoms with Crippen molar-refractivity contribution < 1.29 is 19.4 Å². The van der Waals surface area contributed by atoms with Gasteiger partial charge in [-0.1, -0.05) is 6.07 Å². The predicted octanol–water partition coefficient (Wildman–Crippen LogP) is 3.09. The van der Waals surface area contributed by atoms with Crippen LogP contribution in [-0.2, 0) is 4.74 Å². The summed E-state index contributed by atoms with van der Waals surface area (Å²) in [4.78, 5) is 13.7. The van der Waals surface area contributed by atoms with Gasteiger partial charge in [0.15, 0.2) is 0 Å². The minimum absolute atomic E-state index is 0.0274. The highest BCUT2D eigenvalue weighted by Crippen LogP contribution is 2.32. The van der Waals surface area contributed by atoms with E-state index in [0.717, 1.165) is 16.9 Å². The summed E-state index contributed by atoms with van der Waals surface area (Å²) in [6.45, 7) is 8.43. The lowest BCUT2D eigenvalue weighted by atomic mass is 9.85. The first-order valence-corrected chi connectivity index (χ1v) is 8.02. The van der Waals surface area contributed by atoms with Crippen LogP contribution in [0.25, 0.3) is 0 Å². The van der Waals surface area contributed by atoms with E-state index in [-0.39, 0.29) is 12.0 Å². The summed E-state index contributed by atoms with van der Waals surface area (Å²) in [5.41, 5.74) is 1.69. The number of β-amino-alcohol motifs (C(OH)–C–C–N with tert-alkyl or cyclic N) is 1. The molecule has 0 aromatic heterocycles. The van der Waals surface area contributed by atoms with Crippen LogP contribution in [0.15, 0.2) is 18.2 Å². The maximum atomic E-state index is 12.1. The highest BCUT2D eigenvalue weighted by molar-refractivity contribution is 5.68. The Hall–Kier alpha value is -1.75. The van der Waals surface area contributed by atoms with Crippen molar-refractivity contribution in [2.45, 2.75) is 51.7 Å². The highest BCUT2D eigenvalue weighted by atomic mass is 16.6. The number of aliphatic hydroxyl groups excluding tert-OH is 1. The molecule has 0 bridgehead atoms. The average molecular weight is 321 g/mol. The van der Waals surface area contributed by atoms with Crippen LogP contribution in [0.2, 0.25) is 0 Å². The smallest absolute Gasteiger partial charge is 0.410 e. The Morgan fingerprint density at radius 3 is 2.57 bits per heavy atom. The van der Waals surface area contributed by atoms with E-state index < -0.39 is 11.7 Å². The molecule has 2 atom stereocenters. The average Bonchev–Trinajstić information content (AvgIpc) is 2.45. The van der Waals surface area contributed by atoms with Crippen molar-refractivity contribution in [3.63, 3.8) is 0 Å². The molecule has 2 rings (SSSR count). The van der Waals surface area contributed by atoms with E-state index in [1.165, 1.54) is 0 Å². The van der Waals surface area contributed by atoms with Gasteiger partial charge in [-0.2, -0.15) is 0 Å². The number of hydrogen-bond acceptors (Lipinski definition) is 4. The second-order valence-electron chi connectivity index (χ2n) is 7.11. The molecule has 1 aromatic rings. The zero-order valence-corrected chi connectivity index (χ0v) is 14.6. The summed E-state index contributed by atoms with van der Waals surface area (Å²) in [6, 6.07) is 5.89. The van der Waals surface area contributed by atoms with Crippen molar-refractivity contribution in [2.75, 3.05) is 20.2 Å². The summed E-state index contributed by atoms with van der Waals surface area (Å²) >= 11 is 0. The molecule has 1 heterocycles. The number of benzene rings is 1. The zero-order valence-electron chi connectivity index (χ0n) is 14.6. The number of piperidine rings is 1. The molecule has 0 radical (unpaired) electrons. The van der Waals surface area contributed by atoms with Gasteiger partial charge in [-0.25, -0.2) is 4.79 Å². The molecule has 1 saturated heterocycles. The van der Waals surface area contributed by atoms with E-state index in [9.17, 15) is 9.90 Å². The lowest BCUT2D eigenvalue weighted by Gasteiger charge is -2.37. The summed E-state index contributed by atoms with van der Waals surface area (Å²) < 4.78 is 10.6. The molecule has 1 aromatic carbocycles. The minimum atomic E-state index is -0.594. The molecule has 1 N–H and O–H groups in total. The molecule has 128 valence electrons. The first kappa shape index (κ1) is 17.6. The van der Waals surface area contributed by atoms with Gasteiger partial charge in [0.05, 0.1) is 19.8 Å². The van der Waals surface area contributed by atoms with Gasteiger partial charge in [0.25, 0.3) is 0 Å². The summed E-state index contributed by atoms with van der Waals surface area (Å²) in [5, 5.41) is 10.5. The Balaban J connectivity index is 2.06. The topological polar surface area (TPSA) is 59.0 Å². The van der Waals surface area contributed by atoms with E-state index >= 15 is 0 Å². The lowest BCUT2D eigenvalue weighted by molar-refractivity contribution is -0.00156. The quantitative estimate of drug-likeness (QED) is 0.909. The number of methoxy groups -OCH3 is 1. The Morgan fingerprint density at radius 1 is 1.35 bits per heavy atom. The monoisotopic (exact) mass is 321 g/mol. The molecule has 0 unspecified atom stereocenters. The van der Waals surface area contributed by atoms with Gasteiger partial charge in [-0.15, -0.1) is 0 Å². The normalized spacial score (nSPS) is 21.9. The SMILES string of the molecule is COc1ccc([C@H]2CCN(C(=O)OC(C)(C)C)C[C@@H]2O)c(C)c1. The van der Waals surface area contributed by atoms with Crippen LogP contribution in [0.3, 0.4) is 0 Å². The third kappa shape index (κ3) is 4.38. The molecular weight excluding hydrogens is 294 g/mol. The third-order valence-corrected chi connectivity index (χ3v) is 4.11. The second kappa shape index (κ2) is 6.79. The van der Waals surface area contributed by atoms with Gasteiger partial charge in [0.1, 0.15) is 11.4 Å². The number of hydrogen-bond donors (Lipinski definition) is 1. The van der Waals surface area contributed by atoms with Crippen LogP contribution in [0, 0.1) is 6.92 Å². The molecule has 1 amide bonds. The maximum absolute atomic E-state index is 12.1. The predicted molar refractivity (Wildman–Crippen MR) is 88.9 cm³/mol. The van der Waals surface area contributed by atoms with Crippen molar-refractivity contribution in [1.82, 2.24) is 4.90 Å². The third-order valence-electron chi connectivity index (χ3n) is 4.11.